The third-order valence-electron chi connectivity index (χ3n) is 2.58. The maximum Gasteiger partial charge on any atom is 0.349 e. The monoisotopic (exact) mass is 247 g/mol. The summed E-state index contributed by atoms with van der Waals surface area (Å²) in [5, 5.41) is 0.652. The van der Waals surface area contributed by atoms with Gasteiger partial charge in [-0.25, -0.2) is 4.79 Å². The summed E-state index contributed by atoms with van der Waals surface area (Å²) in [5.41, 5.74) is -0.191. The predicted molar refractivity (Wildman–Crippen MR) is 67.1 cm³/mol. The first-order valence-corrected chi connectivity index (χ1v) is 5.36. The summed E-state index contributed by atoms with van der Waals surface area (Å²) in [5.74, 6) is 0.257. The van der Waals surface area contributed by atoms with E-state index in [4.69, 9.17) is 9.15 Å². The summed E-state index contributed by atoms with van der Waals surface area (Å²) < 4.78 is 10.2. The molecule has 0 fully saturated rings. The van der Waals surface area contributed by atoms with Crippen LogP contribution < -0.4 is 10.4 Å². The molecular formula is C13H13NO4. The normalized spacial score (nSPS) is 10.4. The Kier molecular flexibility index (Phi) is 3.06. The van der Waals surface area contributed by atoms with Crippen LogP contribution in [0.5, 0.6) is 5.75 Å². The number of benzene rings is 1. The second-order valence-corrected chi connectivity index (χ2v) is 4.05. The van der Waals surface area contributed by atoms with Gasteiger partial charge in [-0.1, -0.05) is 0 Å². The predicted octanol–water partition coefficient (Wildman–Crippen LogP) is 1.50. The summed E-state index contributed by atoms with van der Waals surface area (Å²) in [6.45, 7) is 0. The van der Waals surface area contributed by atoms with Gasteiger partial charge in [0.2, 0.25) is 0 Å². The van der Waals surface area contributed by atoms with E-state index in [1.165, 1.54) is 11.0 Å². The quantitative estimate of drug-likeness (QED) is 0.755. The molecule has 0 aliphatic carbocycles. The molecule has 18 heavy (non-hydrogen) atoms. The fourth-order valence-electron chi connectivity index (χ4n) is 1.62. The standard InChI is InChI=1S/C13H13NO4/c1-14(2)12(15)10-7-8-6-9(17-3)4-5-11(8)18-13(10)16/h4-7H,1-3H3. The molecule has 1 aromatic heterocycles. The van der Waals surface area contributed by atoms with Crippen LogP contribution in [0.4, 0.5) is 0 Å². The lowest BCUT2D eigenvalue weighted by molar-refractivity contribution is 0.0823. The summed E-state index contributed by atoms with van der Waals surface area (Å²) in [4.78, 5) is 24.8. The smallest absolute Gasteiger partial charge is 0.349 e. The van der Waals surface area contributed by atoms with Crippen LogP contribution in [0.1, 0.15) is 10.4 Å². The molecule has 0 atom stereocenters. The Labute approximate surface area is 104 Å². The molecule has 1 aromatic carbocycles. The lowest BCUT2D eigenvalue weighted by atomic mass is 10.1. The number of fused-ring (bicyclic) bond motifs is 1. The Hall–Kier alpha value is -2.30. The van der Waals surface area contributed by atoms with Crippen molar-refractivity contribution in [2.75, 3.05) is 21.2 Å². The first-order chi connectivity index (χ1) is 8.52. The van der Waals surface area contributed by atoms with Crippen LogP contribution in [0.3, 0.4) is 0 Å². The minimum Gasteiger partial charge on any atom is -0.497 e. The van der Waals surface area contributed by atoms with Crippen molar-refractivity contribution >= 4 is 16.9 Å². The van der Waals surface area contributed by atoms with Crippen molar-refractivity contribution in [3.63, 3.8) is 0 Å². The molecule has 0 spiro atoms. The number of amides is 1. The van der Waals surface area contributed by atoms with Crippen molar-refractivity contribution in [3.05, 3.63) is 40.2 Å². The van der Waals surface area contributed by atoms with Crippen LogP contribution in [-0.4, -0.2) is 32.0 Å². The van der Waals surface area contributed by atoms with Crippen LogP contribution in [-0.2, 0) is 0 Å². The number of hydrogen-bond donors (Lipinski definition) is 0. The SMILES string of the molecule is COc1ccc2oc(=O)c(C(=O)N(C)C)cc2c1. The molecule has 2 rings (SSSR count). The average molecular weight is 247 g/mol. The molecule has 2 aromatic rings. The molecule has 0 aliphatic rings. The second kappa shape index (κ2) is 4.52. The maximum absolute atomic E-state index is 11.8. The molecule has 0 saturated carbocycles. The first kappa shape index (κ1) is 12.2. The zero-order valence-electron chi connectivity index (χ0n) is 10.4. The second-order valence-electron chi connectivity index (χ2n) is 4.05. The summed E-state index contributed by atoms with van der Waals surface area (Å²) in [6, 6.07) is 6.56. The molecule has 0 unspecified atom stereocenters. The summed E-state index contributed by atoms with van der Waals surface area (Å²) >= 11 is 0. The van der Waals surface area contributed by atoms with Gasteiger partial charge in [-0.3, -0.25) is 4.79 Å². The third-order valence-corrected chi connectivity index (χ3v) is 2.58. The largest absolute Gasteiger partial charge is 0.497 e. The van der Waals surface area contributed by atoms with E-state index in [1.807, 2.05) is 0 Å². The zero-order valence-corrected chi connectivity index (χ0v) is 10.4. The van der Waals surface area contributed by atoms with Crippen LogP contribution in [0.2, 0.25) is 0 Å². The van der Waals surface area contributed by atoms with Gasteiger partial charge in [0.25, 0.3) is 5.91 Å². The number of rotatable bonds is 2. The number of carbonyl (C=O) groups is 1. The Balaban J connectivity index is 2.66. The van der Waals surface area contributed by atoms with E-state index in [0.29, 0.717) is 16.7 Å². The van der Waals surface area contributed by atoms with E-state index in [1.54, 1.807) is 39.4 Å². The van der Waals surface area contributed by atoms with Gasteiger partial charge < -0.3 is 14.1 Å². The van der Waals surface area contributed by atoms with Gasteiger partial charge in [0, 0.05) is 19.5 Å². The van der Waals surface area contributed by atoms with Gasteiger partial charge in [0.1, 0.15) is 16.9 Å². The van der Waals surface area contributed by atoms with Crippen molar-refractivity contribution in [2.24, 2.45) is 0 Å². The third kappa shape index (κ3) is 2.07. The molecule has 1 amide bonds. The molecule has 5 nitrogen and oxygen atoms in total. The molecule has 0 radical (unpaired) electrons. The fourth-order valence-corrected chi connectivity index (χ4v) is 1.62. The summed E-state index contributed by atoms with van der Waals surface area (Å²) in [6.07, 6.45) is 0. The van der Waals surface area contributed by atoms with E-state index in [0.717, 1.165) is 0 Å². The topological polar surface area (TPSA) is 59.8 Å². The number of carbonyl (C=O) groups excluding carboxylic acids is 1. The summed E-state index contributed by atoms with van der Waals surface area (Å²) in [7, 11) is 4.71. The first-order valence-electron chi connectivity index (χ1n) is 5.36. The fraction of sp³-hybridized carbons (Fsp3) is 0.231. The van der Waals surface area contributed by atoms with Crippen molar-refractivity contribution in [2.45, 2.75) is 0 Å². The minimum atomic E-state index is -0.633. The number of ether oxygens (including phenoxy) is 1. The molecule has 5 heteroatoms. The highest BCUT2D eigenvalue weighted by Gasteiger charge is 2.15. The minimum absolute atomic E-state index is 0.0146. The lowest BCUT2D eigenvalue weighted by Crippen LogP contribution is -2.27. The average Bonchev–Trinajstić information content (AvgIpc) is 2.36. The van der Waals surface area contributed by atoms with E-state index < -0.39 is 5.63 Å². The molecular weight excluding hydrogens is 234 g/mol. The van der Waals surface area contributed by atoms with Crippen molar-refractivity contribution in [1.82, 2.24) is 4.90 Å². The number of hydrogen-bond acceptors (Lipinski definition) is 4. The van der Waals surface area contributed by atoms with Gasteiger partial charge >= 0.3 is 5.63 Å². The van der Waals surface area contributed by atoms with E-state index in [9.17, 15) is 9.59 Å². The number of nitrogens with zero attached hydrogens (tertiary/aromatic N) is 1. The van der Waals surface area contributed by atoms with E-state index >= 15 is 0 Å². The Bertz CT molecular complexity index is 658. The van der Waals surface area contributed by atoms with Crippen LogP contribution in [0, 0.1) is 0 Å². The van der Waals surface area contributed by atoms with Crippen LogP contribution in [0.15, 0.2) is 33.5 Å². The van der Waals surface area contributed by atoms with Gasteiger partial charge in [0.05, 0.1) is 7.11 Å². The van der Waals surface area contributed by atoms with Crippen molar-refractivity contribution < 1.29 is 13.9 Å². The molecule has 1 heterocycles. The van der Waals surface area contributed by atoms with Crippen LogP contribution in [0.25, 0.3) is 11.0 Å². The van der Waals surface area contributed by atoms with E-state index in [-0.39, 0.29) is 11.5 Å². The molecule has 0 saturated heterocycles. The highest BCUT2D eigenvalue weighted by molar-refractivity contribution is 5.96. The van der Waals surface area contributed by atoms with Gasteiger partial charge in [-0.05, 0) is 24.3 Å². The van der Waals surface area contributed by atoms with Crippen molar-refractivity contribution in [3.8, 4) is 5.75 Å². The Morgan fingerprint density at radius 1 is 1.28 bits per heavy atom. The highest BCUT2D eigenvalue weighted by Crippen LogP contribution is 2.20. The lowest BCUT2D eigenvalue weighted by Gasteiger charge is -2.09. The van der Waals surface area contributed by atoms with Gasteiger partial charge in [0.15, 0.2) is 0 Å². The van der Waals surface area contributed by atoms with E-state index in [2.05, 4.69) is 0 Å². The number of methoxy groups -OCH3 is 1. The zero-order chi connectivity index (χ0) is 13.3. The van der Waals surface area contributed by atoms with Crippen LogP contribution >= 0.6 is 0 Å². The van der Waals surface area contributed by atoms with Gasteiger partial charge in [-0.2, -0.15) is 0 Å². The Morgan fingerprint density at radius 2 is 2.00 bits per heavy atom. The molecule has 0 bridgehead atoms. The maximum atomic E-state index is 11.8. The molecule has 0 aliphatic heterocycles. The van der Waals surface area contributed by atoms with Gasteiger partial charge in [-0.15, -0.1) is 0 Å². The van der Waals surface area contributed by atoms with Crippen molar-refractivity contribution in [1.29, 1.82) is 0 Å². The molecule has 94 valence electrons. The highest BCUT2D eigenvalue weighted by atomic mass is 16.5. The Morgan fingerprint density at radius 3 is 2.61 bits per heavy atom. The molecule has 0 N–H and O–H groups in total.